The van der Waals surface area contributed by atoms with Gasteiger partial charge in [0.25, 0.3) is 0 Å². The fraction of sp³-hybridized carbons (Fsp3) is 1.00. The SMILES string of the molecule is C[C](C)(C)[Sn]([S][Sn]([C](C)(C)C)([C](C)(C)C)[C](C)(C)C)([C](C)(C)C)[C](C)(C)C. The van der Waals surface area contributed by atoms with E-state index in [4.69, 9.17) is 0 Å². The first-order valence-electron chi connectivity index (χ1n) is 10.9. The Morgan fingerprint density at radius 2 is 0.407 bits per heavy atom. The molecule has 0 spiro atoms. The Kier molecular flexibility index (Phi) is 8.38. The molecule has 0 nitrogen and oxygen atoms in total. The summed E-state index contributed by atoms with van der Waals surface area (Å²) in [6.45, 7) is 46.7. The Labute approximate surface area is 183 Å². The summed E-state index contributed by atoms with van der Waals surface area (Å²) in [6.07, 6.45) is 2.75. The minimum atomic E-state index is -2.90. The molecule has 0 atom stereocenters. The standard InChI is InChI=1S/6C4H9.S.2Sn/c6*1-4(2)3;;;/h6*1-3H3;;;. The minimum absolute atomic E-state index is 0.416. The zero-order valence-corrected chi connectivity index (χ0v) is 28.9. The molecule has 0 bridgehead atoms. The van der Waals surface area contributed by atoms with E-state index in [9.17, 15) is 0 Å². The van der Waals surface area contributed by atoms with Crippen LogP contribution in [0.25, 0.3) is 0 Å². The van der Waals surface area contributed by atoms with Crippen molar-refractivity contribution in [2.75, 3.05) is 0 Å². The van der Waals surface area contributed by atoms with E-state index in [1.165, 1.54) is 0 Å². The van der Waals surface area contributed by atoms with E-state index >= 15 is 0 Å². The fourth-order valence-corrected chi connectivity index (χ4v) is 200. The van der Waals surface area contributed by atoms with Crippen molar-refractivity contribution in [1.29, 1.82) is 0 Å². The number of hydrogen-bond acceptors (Lipinski definition) is 1. The molecule has 3 heteroatoms. The second kappa shape index (κ2) is 7.82. The molecule has 0 heterocycles. The van der Waals surface area contributed by atoms with Crippen LogP contribution in [0.4, 0.5) is 0 Å². The van der Waals surface area contributed by atoms with Crippen LogP contribution in [0.5, 0.6) is 0 Å². The molecule has 0 aliphatic rings. The molecule has 0 aliphatic heterocycles. The van der Waals surface area contributed by atoms with Crippen molar-refractivity contribution < 1.29 is 0 Å². The second-order valence-corrected chi connectivity index (χ2v) is 70.3. The molecule has 0 rings (SSSR count). The quantitative estimate of drug-likeness (QED) is 0.280. The molecular formula is C24H54SSn2. The maximum atomic E-state index is 2.75. The predicted octanol–water partition coefficient (Wildman–Crippen LogP) is 10.4. The van der Waals surface area contributed by atoms with Gasteiger partial charge in [0.2, 0.25) is 0 Å². The Morgan fingerprint density at radius 3 is 0.481 bits per heavy atom. The second-order valence-electron chi connectivity index (χ2n) is 15.0. The Balaban J connectivity index is 7.45. The van der Waals surface area contributed by atoms with Gasteiger partial charge in [-0.1, -0.05) is 0 Å². The summed E-state index contributed by atoms with van der Waals surface area (Å²) in [4.78, 5) is 0. The van der Waals surface area contributed by atoms with Crippen LogP contribution in [0.15, 0.2) is 0 Å². The molecule has 0 aliphatic carbocycles. The summed E-state index contributed by atoms with van der Waals surface area (Å²) < 4.78 is 2.50. The van der Waals surface area contributed by atoms with E-state index in [-0.39, 0.29) is 0 Å². The van der Waals surface area contributed by atoms with Gasteiger partial charge in [0.05, 0.1) is 0 Å². The molecule has 0 aromatic heterocycles. The van der Waals surface area contributed by atoms with Gasteiger partial charge in [-0.05, 0) is 0 Å². The van der Waals surface area contributed by atoms with E-state index in [0.29, 0.717) is 20.6 Å². The maximum absolute atomic E-state index is 2.90. The summed E-state index contributed by atoms with van der Waals surface area (Å²) in [7, 11) is 0. The Hall–Kier alpha value is 1.95. The van der Waals surface area contributed by atoms with E-state index in [1.54, 1.807) is 0 Å². The normalized spacial score (nSPS) is 16.7. The summed E-state index contributed by atoms with van der Waals surface area (Å²) in [6, 6.07) is 0. The molecule has 0 aromatic carbocycles. The van der Waals surface area contributed by atoms with Gasteiger partial charge in [0, 0.05) is 0 Å². The molecule has 0 amide bonds. The average molecular weight is 612 g/mol. The summed E-state index contributed by atoms with van der Waals surface area (Å²) in [5.74, 6) is 0. The topological polar surface area (TPSA) is 0 Å². The van der Waals surface area contributed by atoms with Crippen molar-refractivity contribution in [1.82, 2.24) is 0 Å². The van der Waals surface area contributed by atoms with Gasteiger partial charge in [-0.25, -0.2) is 0 Å². The number of rotatable bonds is 2. The molecule has 0 fully saturated rings. The summed E-state index contributed by atoms with van der Waals surface area (Å²) in [5.41, 5.74) is 0. The van der Waals surface area contributed by atoms with Crippen LogP contribution in [0, 0.1) is 0 Å². The van der Waals surface area contributed by atoms with Gasteiger partial charge in [-0.2, -0.15) is 0 Å². The van der Waals surface area contributed by atoms with Crippen LogP contribution in [0.1, 0.15) is 125 Å². The molecule has 0 radical (unpaired) electrons. The van der Waals surface area contributed by atoms with Gasteiger partial charge < -0.3 is 0 Å². The Morgan fingerprint density at radius 1 is 0.296 bits per heavy atom. The zero-order valence-electron chi connectivity index (χ0n) is 22.4. The van der Waals surface area contributed by atoms with Crippen LogP contribution in [-0.2, 0) is 0 Å². The van der Waals surface area contributed by atoms with Crippen molar-refractivity contribution in [3.63, 3.8) is 0 Å². The average Bonchev–Trinajstić information content (AvgIpc) is 2.16. The van der Waals surface area contributed by atoms with Crippen molar-refractivity contribution in [2.24, 2.45) is 0 Å². The van der Waals surface area contributed by atoms with Crippen molar-refractivity contribution in [3.8, 4) is 0 Å². The first kappa shape index (κ1) is 28.9. The first-order valence-corrected chi connectivity index (χ1v) is 27.3. The van der Waals surface area contributed by atoms with Gasteiger partial charge >= 0.3 is 185 Å². The molecule has 0 unspecified atom stereocenters. The van der Waals surface area contributed by atoms with Crippen molar-refractivity contribution in [2.45, 2.75) is 145 Å². The molecule has 0 aromatic rings. The van der Waals surface area contributed by atoms with Gasteiger partial charge in [0.1, 0.15) is 0 Å². The number of hydrogen-bond donors (Lipinski definition) is 0. The third kappa shape index (κ3) is 4.90. The molecule has 27 heavy (non-hydrogen) atoms. The first-order chi connectivity index (χ1) is 11.2. The summed E-state index contributed by atoms with van der Waals surface area (Å²) in [5, 5.41) is 0. The Bertz CT molecular complexity index is 385. The molecule has 164 valence electrons. The van der Waals surface area contributed by atoms with E-state index in [2.05, 4.69) is 131 Å². The van der Waals surface area contributed by atoms with Gasteiger partial charge in [0.15, 0.2) is 0 Å². The van der Waals surface area contributed by atoms with Crippen LogP contribution >= 0.6 is 6.13 Å². The van der Waals surface area contributed by atoms with E-state index in [1.807, 2.05) is 0 Å². The van der Waals surface area contributed by atoms with Crippen LogP contribution < -0.4 is 0 Å². The van der Waals surface area contributed by atoms with Crippen LogP contribution in [0.3, 0.4) is 0 Å². The third-order valence-corrected chi connectivity index (χ3v) is 108. The van der Waals surface area contributed by atoms with E-state index in [0.717, 1.165) is 0 Å². The molecule has 0 N–H and O–H groups in total. The van der Waals surface area contributed by atoms with Gasteiger partial charge in [-0.3, -0.25) is 0 Å². The van der Waals surface area contributed by atoms with Crippen molar-refractivity contribution >= 4 is 40.1 Å². The summed E-state index contributed by atoms with van der Waals surface area (Å²) >= 11 is -5.79. The fourth-order valence-electron chi connectivity index (χ4n) is 7.90. The van der Waals surface area contributed by atoms with Gasteiger partial charge in [-0.15, -0.1) is 0 Å². The molecular weight excluding hydrogens is 558 g/mol. The van der Waals surface area contributed by atoms with Crippen molar-refractivity contribution in [3.05, 3.63) is 0 Å². The monoisotopic (exact) mass is 614 g/mol. The zero-order chi connectivity index (χ0) is 22.7. The predicted molar refractivity (Wildman–Crippen MR) is 137 cm³/mol. The van der Waals surface area contributed by atoms with E-state index < -0.39 is 34.0 Å². The molecule has 0 saturated carbocycles. The third-order valence-electron chi connectivity index (χ3n) is 6.64. The van der Waals surface area contributed by atoms with Crippen LogP contribution in [0.2, 0.25) is 20.6 Å². The van der Waals surface area contributed by atoms with Crippen LogP contribution in [-0.4, -0.2) is 34.0 Å². The molecule has 0 saturated heterocycles.